The fourth-order valence-electron chi connectivity index (χ4n) is 1.15. The molecule has 2 N–H and O–H groups in total. The van der Waals surface area contributed by atoms with Gasteiger partial charge in [0.2, 0.25) is 0 Å². The van der Waals surface area contributed by atoms with Gasteiger partial charge in [-0.05, 0) is 36.9 Å². The normalized spacial score (nSPS) is 10.2. The molecule has 0 bridgehead atoms. The molecular weight excluding hydrogens is 206 g/mol. The molecule has 0 spiro atoms. The van der Waals surface area contributed by atoms with Gasteiger partial charge in [-0.15, -0.1) is 0 Å². The Morgan fingerprint density at radius 3 is 2.73 bits per heavy atom. The van der Waals surface area contributed by atoms with Crippen LogP contribution in [0.15, 0.2) is 46.6 Å². The van der Waals surface area contributed by atoms with Gasteiger partial charge in [0.05, 0.1) is 0 Å². The zero-order valence-electron chi connectivity index (χ0n) is 8.34. The van der Waals surface area contributed by atoms with E-state index < -0.39 is 0 Å². The van der Waals surface area contributed by atoms with Gasteiger partial charge in [0.15, 0.2) is 5.16 Å². The molecule has 4 heteroatoms. The van der Waals surface area contributed by atoms with Crippen LogP contribution in [0.2, 0.25) is 0 Å². The van der Waals surface area contributed by atoms with E-state index >= 15 is 0 Å². The summed E-state index contributed by atoms with van der Waals surface area (Å²) in [5.74, 6) is 0. The third kappa shape index (κ3) is 2.47. The molecule has 0 atom stereocenters. The van der Waals surface area contributed by atoms with Gasteiger partial charge in [-0.25, -0.2) is 9.97 Å². The molecule has 15 heavy (non-hydrogen) atoms. The van der Waals surface area contributed by atoms with Crippen LogP contribution in [0.5, 0.6) is 0 Å². The van der Waals surface area contributed by atoms with Gasteiger partial charge in [-0.1, -0.05) is 12.1 Å². The lowest BCUT2D eigenvalue weighted by molar-refractivity contribution is 0.932. The van der Waals surface area contributed by atoms with Crippen molar-refractivity contribution in [3.63, 3.8) is 0 Å². The average molecular weight is 217 g/mol. The van der Waals surface area contributed by atoms with Gasteiger partial charge >= 0.3 is 0 Å². The van der Waals surface area contributed by atoms with Crippen molar-refractivity contribution in [2.24, 2.45) is 0 Å². The van der Waals surface area contributed by atoms with Crippen LogP contribution in [0.3, 0.4) is 0 Å². The SMILES string of the molecule is Cc1ccnc(Sc2ccccc2N)n1. The second-order valence-electron chi connectivity index (χ2n) is 3.12. The molecular formula is C11H11N3S. The predicted octanol–water partition coefficient (Wildman–Crippen LogP) is 2.52. The Morgan fingerprint density at radius 1 is 1.20 bits per heavy atom. The third-order valence-electron chi connectivity index (χ3n) is 1.89. The van der Waals surface area contributed by atoms with Crippen LogP contribution in [0.4, 0.5) is 5.69 Å². The van der Waals surface area contributed by atoms with Crippen molar-refractivity contribution in [2.75, 3.05) is 5.73 Å². The number of rotatable bonds is 2. The number of nitrogen functional groups attached to an aromatic ring is 1. The molecule has 0 aliphatic carbocycles. The zero-order valence-corrected chi connectivity index (χ0v) is 9.16. The van der Waals surface area contributed by atoms with Crippen molar-refractivity contribution in [1.82, 2.24) is 9.97 Å². The van der Waals surface area contributed by atoms with Crippen LogP contribution >= 0.6 is 11.8 Å². The van der Waals surface area contributed by atoms with Crippen LogP contribution in [-0.4, -0.2) is 9.97 Å². The summed E-state index contributed by atoms with van der Waals surface area (Å²) in [5, 5.41) is 0.730. The smallest absolute Gasteiger partial charge is 0.192 e. The van der Waals surface area contributed by atoms with Crippen LogP contribution < -0.4 is 5.73 Å². The Kier molecular flexibility index (Phi) is 2.87. The van der Waals surface area contributed by atoms with E-state index in [2.05, 4.69) is 9.97 Å². The maximum absolute atomic E-state index is 5.83. The highest BCUT2D eigenvalue weighted by Gasteiger charge is 2.02. The molecule has 3 nitrogen and oxygen atoms in total. The van der Waals surface area contributed by atoms with Crippen molar-refractivity contribution < 1.29 is 0 Å². The number of benzene rings is 1. The number of anilines is 1. The lowest BCUT2D eigenvalue weighted by Crippen LogP contribution is -1.91. The first-order chi connectivity index (χ1) is 7.25. The van der Waals surface area contributed by atoms with E-state index in [4.69, 9.17) is 5.73 Å². The molecule has 1 heterocycles. The Labute approximate surface area is 92.8 Å². The predicted molar refractivity (Wildman–Crippen MR) is 61.7 cm³/mol. The summed E-state index contributed by atoms with van der Waals surface area (Å²) >= 11 is 1.48. The molecule has 2 aromatic rings. The van der Waals surface area contributed by atoms with Gasteiger partial charge in [0, 0.05) is 22.5 Å². The Balaban J connectivity index is 2.26. The van der Waals surface area contributed by atoms with E-state index in [1.807, 2.05) is 37.3 Å². The van der Waals surface area contributed by atoms with Crippen LogP contribution in [0, 0.1) is 6.92 Å². The Bertz CT molecular complexity index is 471. The van der Waals surface area contributed by atoms with E-state index in [1.54, 1.807) is 6.20 Å². The number of aryl methyl sites for hydroxylation is 1. The second-order valence-corrected chi connectivity index (χ2v) is 4.13. The van der Waals surface area contributed by atoms with E-state index in [1.165, 1.54) is 11.8 Å². The first-order valence-corrected chi connectivity index (χ1v) is 5.39. The van der Waals surface area contributed by atoms with Gasteiger partial charge < -0.3 is 5.73 Å². The number of nitrogens with two attached hydrogens (primary N) is 1. The highest BCUT2D eigenvalue weighted by atomic mass is 32.2. The molecule has 76 valence electrons. The molecule has 0 amide bonds. The van der Waals surface area contributed by atoms with E-state index in [0.717, 1.165) is 21.4 Å². The van der Waals surface area contributed by atoms with Crippen LogP contribution in [0.1, 0.15) is 5.69 Å². The summed E-state index contributed by atoms with van der Waals surface area (Å²) in [7, 11) is 0. The van der Waals surface area contributed by atoms with Crippen molar-refractivity contribution >= 4 is 17.4 Å². The Morgan fingerprint density at radius 2 is 2.00 bits per heavy atom. The minimum Gasteiger partial charge on any atom is -0.398 e. The topological polar surface area (TPSA) is 51.8 Å². The number of aromatic nitrogens is 2. The largest absolute Gasteiger partial charge is 0.398 e. The number of hydrogen-bond acceptors (Lipinski definition) is 4. The van der Waals surface area contributed by atoms with Gasteiger partial charge in [-0.3, -0.25) is 0 Å². The first kappa shape index (κ1) is 9.98. The average Bonchev–Trinajstić information content (AvgIpc) is 2.22. The molecule has 0 fully saturated rings. The zero-order chi connectivity index (χ0) is 10.7. The van der Waals surface area contributed by atoms with Crippen LogP contribution in [0.25, 0.3) is 0 Å². The molecule has 0 radical (unpaired) electrons. The summed E-state index contributed by atoms with van der Waals surface area (Å²) in [6.07, 6.45) is 1.75. The fourth-order valence-corrected chi connectivity index (χ4v) is 1.98. The second kappa shape index (κ2) is 4.31. The molecule has 0 aliphatic rings. The summed E-state index contributed by atoms with van der Waals surface area (Å²) in [5.41, 5.74) is 7.55. The van der Waals surface area contributed by atoms with Crippen molar-refractivity contribution in [2.45, 2.75) is 17.0 Å². The van der Waals surface area contributed by atoms with E-state index in [0.29, 0.717) is 0 Å². The first-order valence-electron chi connectivity index (χ1n) is 4.58. The van der Waals surface area contributed by atoms with Gasteiger partial charge in [-0.2, -0.15) is 0 Å². The molecule has 0 unspecified atom stereocenters. The molecule has 2 rings (SSSR count). The highest BCUT2D eigenvalue weighted by molar-refractivity contribution is 7.99. The standard InChI is InChI=1S/C11H11N3S/c1-8-6-7-13-11(14-8)15-10-5-3-2-4-9(10)12/h2-7H,12H2,1H3. The quantitative estimate of drug-likeness (QED) is 0.620. The highest BCUT2D eigenvalue weighted by Crippen LogP contribution is 2.28. The van der Waals surface area contributed by atoms with E-state index in [9.17, 15) is 0 Å². The minimum atomic E-state index is 0.730. The summed E-state index contributed by atoms with van der Waals surface area (Å²) in [4.78, 5) is 9.47. The lowest BCUT2D eigenvalue weighted by atomic mass is 10.3. The van der Waals surface area contributed by atoms with Crippen LogP contribution in [-0.2, 0) is 0 Å². The fraction of sp³-hybridized carbons (Fsp3) is 0.0909. The summed E-state index contributed by atoms with van der Waals surface area (Å²) in [6, 6.07) is 9.58. The number of nitrogens with zero attached hydrogens (tertiary/aromatic N) is 2. The molecule has 0 aliphatic heterocycles. The molecule has 1 aromatic carbocycles. The number of hydrogen-bond donors (Lipinski definition) is 1. The Hall–Kier alpha value is -1.55. The van der Waals surface area contributed by atoms with Crippen molar-refractivity contribution in [1.29, 1.82) is 0 Å². The maximum atomic E-state index is 5.83. The third-order valence-corrected chi connectivity index (χ3v) is 2.86. The monoisotopic (exact) mass is 217 g/mol. The maximum Gasteiger partial charge on any atom is 0.192 e. The molecule has 0 saturated carbocycles. The molecule has 1 aromatic heterocycles. The minimum absolute atomic E-state index is 0.730. The number of para-hydroxylation sites is 1. The molecule has 0 saturated heterocycles. The van der Waals surface area contributed by atoms with E-state index in [-0.39, 0.29) is 0 Å². The van der Waals surface area contributed by atoms with Crippen molar-refractivity contribution in [3.05, 3.63) is 42.2 Å². The summed E-state index contributed by atoms with van der Waals surface area (Å²) in [6.45, 7) is 1.94. The lowest BCUT2D eigenvalue weighted by Gasteiger charge is -2.03. The summed E-state index contributed by atoms with van der Waals surface area (Å²) < 4.78 is 0. The van der Waals surface area contributed by atoms with Gasteiger partial charge in [0.25, 0.3) is 0 Å². The van der Waals surface area contributed by atoms with Crippen molar-refractivity contribution in [3.8, 4) is 0 Å². The van der Waals surface area contributed by atoms with Gasteiger partial charge in [0.1, 0.15) is 0 Å².